The van der Waals surface area contributed by atoms with Crippen molar-refractivity contribution in [3.63, 3.8) is 0 Å². The number of aromatic nitrogens is 2. The minimum absolute atomic E-state index is 0.0263. The van der Waals surface area contributed by atoms with Gasteiger partial charge in [0.15, 0.2) is 5.78 Å². The van der Waals surface area contributed by atoms with Gasteiger partial charge in [-0.25, -0.2) is 4.98 Å². The Morgan fingerprint density at radius 3 is 3.00 bits per heavy atom. The molecule has 0 amide bonds. The van der Waals surface area contributed by atoms with Gasteiger partial charge < -0.3 is 4.57 Å². The molecule has 1 aromatic rings. The van der Waals surface area contributed by atoms with Gasteiger partial charge in [-0.15, -0.1) is 0 Å². The molecule has 1 rings (SSSR count). The smallest absolute Gasteiger partial charge is 0.184 e. The summed E-state index contributed by atoms with van der Waals surface area (Å²) in [4.78, 5) is 15.4. The van der Waals surface area contributed by atoms with Gasteiger partial charge in [0.05, 0.1) is 18.6 Å². The topological polar surface area (TPSA) is 58.7 Å². The average molecular weight is 177 g/mol. The van der Waals surface area contributed by atoms with E-state index < -0.39 is 0 Å². The van der Waals surface area contributed by atoms with Gasteiger partial charge in [0.25, 0.3) is 0 Å². The van der Waals surface area contributed by atoms with E-state index in [1.165, 1.54) is 6.20 Å². The molecule has 0 aliphatic heterocycles. The second-order valence-electron chi connectivity index (χ2n) is 3.02. The molecule has 4 heteroatoms. The van der Waals surface area contributed by atoms with Crippen LogP contribution in [0.5, 0.6) is 0 Å². The van der Waals surface area contributed by atoms with Gasteiger partial charge in [-0.1, -0.05) is 6.92 Å². The summed E-state index contributed by atoms with van der Waals surface area (Å²) in [5.74, 6) is -0.276. The third-order valence-electron chi connectivity index (χ3n) is 1.91. The SMILES string of the molecule is CC(CC#N)C(=O)c1cncn1C. The van der Waals surface area contributed by atoms with Gasteiger partial charge in [0.1, 0.15) is 5.69 Å². The fourth-order valence-electron chi connectivity index (χ4n) is 1.08. The minimum atomic E-state index is -0.250. The largest absolute Gasteiger partial charge is 0.331 e. The lowest BCUT2D eigenvalue weighted by atomic mass is 10.0. The number of nitrogens with zero attached hydrogens (tertiary/aromatic N) is 3. The first-order valence-electron chi connectivity index (χ1n) is 4.04. The van der Waals surface area contributed by atoms with E-state index in [0.29, 0.717) is 5.69 Å². The molecule has 1 atom stereocenters. The van der Waals surface area contributed by atoms with Crippen molar-refractivity contribution in [1.29, 1.82) is 5.26 Å². The molecule has 0 saturated carbocycles. The van der Waals surface area contributed by atoms with Crippen LogP contribution in [0, 0.1) is 17.2 Å². The Morgan fingerprint density at radius 2 is 2.54 bits per heavy atom. The molecule has 0 fully saturated rings. The van der Waals surface area contributed by atoms with Crippen molar-refractivity contribution in [3.8, 4) is 6.07 Å². The Morgan fingerprint density at radius 1 is 1.85 bits per heavy atom. The Balaban J connectivity index is 2.81. The summed E-state index contributed by atoms with van der Waals surface area (Å²) in [5, 5.41) is 8.43. The Kier molecular flexibility index (Phi) is 2.80. The van der Waals surface area contributed by atoms with Crippen LogP contribution in [-0.2, 0) is 7.05 Å². The van der Waals surface area contributed by atoms with Crippen molar-refractivity contribution in [2.24, 2.45) is 13.0 Å². The predicted molar refractivity (Wildman–Crippen MR) is 46.9 cm³/mol. The molecule has 68 valence electrons. The summed E-state index contributed by atoms with van der Waals surface area (Å²) in [6.07, 6.45) is 3.35. The maximum atomic E-state index is 11.6. The fourth-order valence-corrected chi connectivity index (χ4v) is 1.08. The van der Waals surface area contributed by atoms with E-state index in [2.05, 4.69) is 4.98 Å². The molecule has 13 heavy (non-hydrogen) atoms. The minimum Gasteiger partial charge on any atom is -0.331 e. The summed E-state index contributed by atoms with van der Waals surface area (Å²) in [6, 6.07) is 1.98. The molecule has 1 aromatic heterocycles. The summed E-state index contributed by atoms with van der Waals surface area (Å²) >= 11 is 0. The summed E-state index contributed by atoms with van der Waals surface area (Å²) in [7, 11) is 1.76. The third kappa shape index (κ3) is 1.94. The van der Waals surface area contributed by atoms with Gasteiger partial charge >= 0.3 is 0 Å². The quantitative estimate of drug-likeness (QED) is 0.651. The van der Waals surface area contributed by atoms with Crippen LogP contribution in [0.1, 0.15) is 23.8 Å². The summed E-state index contributed by atoms with van der Waals surface area (Å²) in [5.41, 5.74) is 0.558. The second-order valence-corrected chi connectivity index (χ2v) is 3.02. The number of imidazole rings is 1. The Hall–Kier alpha value is -1.63. The van der Waals surface area contributed by atoms with Crippen LogP contribution in [0.4, 0.5) is 0 Å². The fraction of sp³-hybridized carbons (Fsp3) is 0.444. The highest BCUT2D eigenvalue weighted by molar-refractivity contribution is 5.96. The van der Waals surface area contributed by atoms with Crippen LogP contribution in [0.3, 0.4) is 0 Å². The zero-order valence-electron chi connectivity index (χ0n) is 7.69. The number of ketones is 1. The Bertz CT molecular complexity index is 348. The number of rotatable bonds is 3. The number of carbonyl (C=O) groups is 1. The molecule has 0 radical (unpaired) electrons. The van der Waals surface area contributed by atoms with Crippen LogP contribution in [0.2, 0.25) is 0 Å². The average Bonchev–Trinajstić information content (AvgIpc) is 2.50. The van der Waals surface area contributed by atoms with E-state index in [0.717, 1.165) is 0 Å². The molecule has 0 aliphatic carbocycles. The van der Waals surface area contributed by atoms with E-state index in [4.69, 9.17) is 5.26 Å². The van der Waals surface area contributed by atoms with E-state index in [9.17, 15) is 4.79 Å². The standard InChI is InChI=1S/C9H11N3O/c1-7(3-4-10)9(13)8-5-11-6-12(8)2/h5-7H,3H2,1-2H3. The normalized spacial score (nSPS) is 12.1. The lowest BCUT2D eigenvalue weighted by Crippen LogP contribution is -2.14. The number of Topliss-reactive ketones (excluding diaryl/α,β-unsaturated/α-hetero) is 1. The number of nitriles is 1. The van der Waals surface area contributed by atoms with E-state index in [1.54, 1.807) is 24.9 Å². The van der Waals surface area contributed by atoms with Gasteiger partial charge in [0, 0.05) is 19.4 Å². The molecular formula is C9H11N3O. The van der Waals surface area contributed by atoms with Crippen LogP contribution in [0.25, 0.3) is 0 Å². The van der Waals surface area contributed by atoms with Crippen LogP contribution < -0.4 is 0 Å². The summed E-state index contributed by atoms with van der Waals surface area (Å²) in [6.45, 7) is 1.75. The molecule has 1 heterocycles. The molecule has 1 unspecified atom stereocenters. The lowest BCUT2D eigenvalue weighted by Gasteiger charge is -2.05. The Labute approximate surface area is 76.8 Å². The third-order valence-corrected chi connectivity index (χ3v) is 1.91. The first-order chi connectivity index (χ1) is 6.16. The lowest BCUT2D eigenvalue weighted by molar-refractivity contribution is 0.0923. The molecule has 4 nitrogen and oxygen atoms in total. The highest BCUT2D eigenvalue weighted by Gasteiger charge is 2.17. The van der Waals surface area contributed by atoms with Crippen LogP contribution >= 0.6 is 0 Å². The number of hydrogen-bond acceptors (Lipinski definition) is 3. The molecule has 0 bridgehead atoms. The number of carbonyl (C=O) groups excluding carboxylic acids is 1. The van der Waals surface area contributed by atoms with Gasteiger partial charge in [-0.3, -0.25) is 4.79 Å². The maximum absolute atomic E-state index is 11.6. The van der Waals surface area contributed by atoms with Gasteiger partial charge in [0.2, 0.25) is 0 Å². The van der Waals surface area contributed by atoms with Gasteiger partial charge in [-0.05, 0) is 0 Å². The predicted octanol–water partition coefficient (Wildman–Crippen LogP) is 1.15. The van der Waals surface area contributed by atoms with Crippen molar-refractivity contribution in [3.05, 3.63) is 18.2 Å². The van der Waals surface area contributed by atoms with Gasteiger partial charge in [-0.2, -0.15) is 5.26 Å². The van der Waals surface area contributed by atoms with Crippen molar-refractivity contribution >= 4 is 5.78 Å². The highest BCUT2D eigenvalue weighted by Crippen LogP contribution is 2.10. The first-order valence-corrected chi connectivity index (χ1v) is 4.04. The molecule has 0 aliphatic rings. The van der Waals surface area contributed by atoms with Crippen molar-refractivity contribution < 1.29 is 4.79 Å². The molecule has 0 aromatic carbocycles. The van der Waals surface area contributed by atoms with Crippen LogP contribution in [-0.4, -0.2) is 15.3 Å². The monoisotopic (exact) mass is 177 g/mol. The molecule has 0 spiro atoms. The van der Waals surface area contributed by atoms with Crippen LogP contribution in [0.15, 0.2) is 12.5 Å². The zero-order valence-corrected chi connectivity index (χ0v) is 7.69. The van der Waals surface area contributed by atoms with Crippen molar-refractivity contribution in [1.82, 2.24) is 9.55 Å². The molecule has 0 N–H and O–H groups in total. The maximum Gasteiger partial charge on any atom is 0.184 e. The van der Waals surface area contributed by atoms with Crippen molar-refractivity contribution in [2.75, 3.05) is 0 Å². The number of hydrogen-bond donors (Lipinski definition) is 0. The second kappa shape index (κ2) is 3.85. The number of aryl methyl sites for hydroxylation is 1. The highest BCUT2D eigenvalue weighted by atomic mass is 16.1. The van der Waals surface area contributed by atoms with Crippen molar-refractivity contribution in [2.45, 2.75) is 13.3 Å². The van der Waals surface area contributed by atoms with E-state index >= 15 is 0 Å². The summed E-state index contributed by atoms with van der Waals surface area (Å²) < 4.78 is 1.66. The molecule has 0 saturated heterocycles. The first kappa shape index (κ1) is 9.46. The van der Waals surface area contributed by atoms with E-state index in [1.807, 2.05) is 6.07 Å². The van der Waals surface area contributed by atoms with E-state index in [-0.39, 0.29) is 18.1 Å². The molecular weight excluding hydrogens is 166 g/mol. The zero-order chi connectivity index (χ0) is 9.84.